The Morgan fingerprint density at radius 1 is 1.25 bits per heavy atom. The number of nitrogens with zero attached hydrogens (tertiary/aromatic N) is 2. The number of rotatable bonds is 7. The lowest BCUT2D eigenvalue weighted by molar-refractivity contribution is -0.129. The summed E-state index contributed by atoms with van der Waals surface area (Å²) in [6, 6.07) is 9.79. The van der Waals surface area contributed by atoms with E-state index in [1.807, 2.05) is 35.2 Å². The zero-order chi connectivity index (χ0) is 14.4. The summed E-state index contributed by atoms with van der Waals surface area (Å²) in [5, 5.41) is 3.30. The molecule has 0 spiro atoms. The van der Waals surface area contributed by atoms with E-state index in [2.05, 4.69) is 24.1 Å². The van der Waals surface area contributed by atoms with Gasteiger partial charge in [-0.1, -0.05) is 44.2 Å². The average Bonchev–Trinajstić information content (AvgIpc) is 2.86. The van der Waals surface area contributed by atoms with Gasteiger partial charge in [-0.25, -0.2) is 0 Å². The highest BCUT2D eigenvalue weighted by Crippen LogP contribution is 2.20. The Hall–Kier alpha value is -1.39. The predicted molar refractivity (Wildman–Crippen MR) is 81.3 cm³/mol. The van der Waals surface area contributed by atoms with E-state index >= 15 is 0 Å². The Morgan fingerprint density at radius 3 is 2.60 bits per heavy atom. The SMILES string of the molecule is CCN(CC)CCCN1CNC(c2ccccc2)C1=O. The Bertz CT molecular complexity index is 417. The third-order valence-corrected chi connectivity index (χ3v) is 3.97. The van der Waals surface area contributed by atoms with Gasteiger partial charge in [0.1, 0.15) is 6.04 Å². The summed E-state index contributed by atoms with van der Waals surface area (Å²) in [6.07, 6.45) is 1.04. The van der Waals surface area contributed by atoms with Gasteiger partial charge < -0.3 is 9.80 Å². The number of hydrogen-bond donors (Lipinski definition) is 1. The zero-order valence-corrected chi connectivity index (χ0v) is 12.5. The minimum Gasteiger partial charge on any atom is -0.328 e. The maximum absolute atomic E-state index is 12.4. The van der Waals surface area contributed by atoms with E-state index < -0.39 is 0 Å². The first-order valence-electron chi connectivity index (χ1n) is 7.55. The van der Waals surface area contributed by atoms with E-state index in [1.165, 1.54) is 0 Å². The summed E-state index contributed by atoms with van der Waals surface area (Å²) >= 11 is 0. The van der Waals surface area contributed by atoms with Crippen LogP contribution >= 0.6 is 0 Å². The van der Waals surface area contributed by atoms with Crippen LogP contribution in [0, 0.1) is 0 Å². The molecule has 1 fully saturated rings. The normalized spacial score (nSPS) is 19.1. The molecule has 110 valence electrons. The molecule has 1 aliphatic rings. The summed E-state index contributed by atoms with van der Waals surface area (Å²) in [6.45, 7) is 9.08. The van der Waals surface area contributed by atoms with Crippen LogP contribution in [-0.4, -0.2) is 48.6 Å². The minimum absolute atomic E-state index is 0.162. The monoisotopic (exact) mass is 275 g/mol. The number of amides is 1. The summed E-state index contributed by atoms with van der Waals surface area (Å²) in [5.74, 6) is 0.204. The van der Waals surface area contributed by atoms with Gasteiger partial charge in [0.25, 0.3) is 0 Å². The summed E-state index contributed by atoms with van der Waals surface area (Å²) in [4.78, 5) is 16.7. The van der Waals surface area contributed by atoms with Gasteiger partial charge >= 0.3 is 0 Å². The van der Waals surface area contributed by atoms with Crippen molar-refractivity contribution in [2.24, 2.45) is 0 Å². The fourth-order valence-electron chi connectivity index (χ4n) is 2.67. The molecule has 1 aromatic carbocycles. The van der Waals surface area contributed by atoms with Crippen LogP contribution < -0.4 is 5.32 Å². The number of nitrogens with one attached hydrogen (secondary N) is 1. The lowest BCUT2D eigenvalue weighted by Gasteiger charge is -2.20. The van der Waals surface area contributed by atoms with Gasteiger partial charge in [0, 0.05) is 6.54 Å². The van der Waals surface area contributed by atoms with Crippen molar-refractivity contribution in [3.05, 3.63) is 35.9 Å². The molecular formula is C16H25N3O. The minimum atomic E-state index is -0.162. The van der Waals surface area contributed by atoms with E-state index in [4.69, 9.17) is 0 Å². The quantitative estimate of drug-likeness (QED) is 0.825. The van der Waals surface area contributed by atoms with Crippen LogP contribution in [0.15, 0.2) is 30.3 Å². The second-order valence-corrected chi connectivity index (χ2v) is 5.19. The number of benzene rings is 1. The van der Waals surface area contributed by atoms with Crippen LogP contribution in [0.3, 0.4) is 0 Å². The lowest BCUT2D eigenvalue weighted by atomic mass is 10.1. The molecule has 1 atom stereocenters. The zero-order valence-electron chi connectivity index (χ0n) is 12.5. The third-order valence-electron chi connectivity index (χ3n) is 3.97. The van der Waals surface area contributed by atoms with Gasteiger partial charge in [-0.2, -0.15) is 0 Å². The topological polar surface area (TPSA) is 35.6 Å². The second-order valence-electron chi connectivity index (χ2n) is 5.19. The maximum Gasteiger partial charge on any atom is 0.245 e. The molecule has 1 N–H and O–H groups in total. The van der Waals surface area contributed by atoms with Crippen molar-refractivity contribution < 1.29 is 4.79 Å². The first-order valence-corrected chi connectivity index (χ1v) is 7.55. The smallest absolute Gasteiger partial charge is 0.245 e. The van der Waals surface area contributed by atoms with Crippen molar-refractivity contribution in [2.45, 2.75) is 26.3 Å². The van der Waals surface area contributed by atoms with E-state index in [1.54, 1.807) is 0 Å². The van der Waals surface area contributed by atoms with Gasteiger partial charge in [-0.3, -0.25) is 10.1 Å². The highest BCUT2D eigenvalue weighted by Gasteiger charge is 2.31. The molecule has 1 saturated heterocycles. The van der Waals surface area contributed by atoms with E-state index in [0.29, 0.717) is 6.67 Å². The third kappa shape index (κ3) is 3.58. The molecule has 0 bridgehead atoms. The van der Waals surface area contributed by atoms with Crippen molar-refractivity contribution in [1.82, 2.24) is 15.1 Å². The molecule has 1 amide bonds. The standard InChI is InChI=1S/C16H25N3O/c1-3-18(4-2)11-8-12-19-13-17-15(16(19)20)14-9-6-5-7-10-14/h5-7,9-10,15,17H,3-4,8,11-13H2,1-2H3. The van der Waals surface area contributed by atoms with E-state index in [9.17, 15) is 4.79 Å². The van der Waals surface area contributed by atoms with E-state index in [-0.39, 0.29) is 11.9 Å². The molecule has 0 radical (unpaired) electrons. The number of carbonyl (C=O) groups excluding carboxylic acids is 1. The lowest BCUT2D eigenvalue weighted by Crippen LogP contribution is -2.31. The number of hydrogen-bond acceptors (Lipinski definition) is 3. The molecule has 0 aromatic heterocycles. The van der Waals surface area contributed by atoms with Gasteiger partial charge in [0.15, 0.2) is 0 Å². The van der Waals surface area contributed by atoms with Crippen LogP contribution in [0.5, 0.6) is 0 Å². The molecule has 4 nitrogen and oxygen atoms in total. The Morgan fingerprint density at radius 2 is 1.95 bits per heavy atom. The van der Waals surface area contributed by atoms with Crippen molar-refractivity contribution in [3.63, 3.8) is 0 Å². The van der Waals surface area contributed by atoms with Crippen LogP contribution in [0.2, 0.25) is 0 Å². The number of carbonyl (C=O) groups is 1. The van der Waals surface area contributed by atoms with Crippen molar-refractivity contribution in [2.75, 3.05) is 32.8 Å². The molecule has 20 heavy (non-hydrogen) atoms. The maximum atomic E-state index is 12.4. The highest BCUT2D eigenvalue weighted by molar-refractivity contribution is 5.85. The van der Waals surface area contributed by atoms with Gasteiger partial charge in [0.05, 0.1) is 6.67 Å². The first-order chi connectivity index (χ1) is 9.76. The van der Waals surface area contributed by atoms with Crippen molar-refractivity contribution in [3.8, 4) is 0 Å². The average molecular weight is 275 g/mol. The molecule has 4 heteroatoms. The predicted octanol–water partition coefficient (Wildman–Crippen LogP) is 1.85. The second kappa shape index (κ2) is 7.41. The van der Waals surface area contributed by atoms with Gasteiger partial charge in [-0.05, 0) is 31.6 Å². The molecule has 1 aliphatic heterocycles. The first kappa shape index (κ1) is 15.0. The summed E-state index contributed by atoms with van der Waals surface area (Å²) < 4.78 is 0. The van der Waals surface area contributed by atoms with Gasteiger partial charge in [0.2, 0.25) is 5.91 Å². The fraction of sp³-hybridized carbons (Fsp3) is 0.562. The van der Waals surface area contributed by atoms with Crippen LogP contribution in [-0.2, 0) is 4.79 Å². The van der Waals surface area contributed by atoms with Crippen molar-refractivity contribution >= 4 is 5.91 Å². The molecule has 1 unspecified atom stereocenters. The van der Waals surface area contributed by atoms with Crippen LogP contribution in [0.4, 0.5) is 0 Å². The molecule has 0 saturated carbocycles. The largest absolute Gasteiger partial charge is 0.328 e. The van der Waals surface area contributed by atoms with Crippen LogP contribution in [0.1, 0.15) is 31.9 Å². The molecule has 1 heterocycles. The van der Waals surface area contributed by atoms with E-state index in [0.717, 1.165) is 38.2 Å². The Balaban J connectivity index is 1.83. The summed E-state index contributed by atoms with van der Waals surface area (Å²) in [5.41, 5.74) is 1.06. The molecule has 1 aromatic rings. The Kier molecular flexibility index (Phi) is 5.56. The Labute approximate surface area is 121 Å². The highest BCUT2D eigenvalue weighted by atomic mass is 16.2. The van der Waals surface area contributed by atoms with Crippen molar-refractivity contribution in [1.29, 1.82) is 0 Å². The molecular weight excluding hydrogens is 250 g/mol. The molecule has 2 rings (SSSR count). The van der Waals surface area contributed by atoms with Crippen LogP contribution in [0.25, 0.3) is 0 Å². The van der Waals surface area contributed by atoms with Gasteiger partial charge in [-0.15, -0.1) is 0 Å². The summed E-state index contributed by atoms with van der Waals surface area (Å²) in [7, 11) is 0. The fourth-order valence-corrected chi connectivity index (χ4v) is 2.67. The molecule has 0 aliphatic carbocycles.